The van der Waals surface area contributed by atoms with E-state index in [4.69, 9.17) is 9.47 Å². The van der Waals surface area contributed by atoms with Crippen molar-refractivity contribution in [1.82, 2.24) is 29.3 Å². The predicted molar refractivity (Wildman–Crippen MR) is 158 cm³/mol. The van der Waals surface area contributed by atoms with E-state index in [-0.39, 0.29) is 12.2 Å². The molecule has 0 bridgehead atoms. The second kappa shape index (κ2) is 9.41. The van der Waals surface area contributed by atoms with Crippen molar-refractivity contribution in [1.29, 1.82) is 0 Å². The summed E-state index contributed by atoms with van der Waals surface area (Å²) in [6, 6.07) is 10.0. The van der Waals surface area contributed by atoms with E-state index in [1.165, 1.54) is 10.9 Å². The van der Waals surface area contributed by atoms with Crippen LogP contribution in [0.1, 0.15) is 46.5 Å². The first-order chi connectivity index (χ1) is 19.6. The third-order valence-electron chi connectivity index (χ3n) is 9.31. The van der Waals surface area contributed by atoms with Gasteiger partial charge in [0.05, 0.1) is 5.52 Å². The molecule has 3 aromatic heterocycles. The van der Waals surface area contributed by atoms with Gasteiger partial charge in [-0.25, -0.2) is 14.8 Å². The van der Waals surface area contributed by atoms with Crippen molar-refractivity contribution in [2.75, 3.05) is 20.1 Å². The van der Waals surface area contributed by atoms with Gasteiger partial charge in [-0.2, -0.15) is 0 Å². The highest BCUT2D eigenvalue weighted by Gasteiger charge is 2.56. The number of hydrogen-bond acceptors (Lipinski definition) is 7. The summed E-state index contributed by atoms with van der Waals surface area (Å²) in [6.45, 7) is 7.39. The van der Waals surface area contributed by atoms with Crippen LogP contribution in [0.25, 0.3) is 32.9 Å². The Morgan fingerprint density at radius 1 is 0.976 bits per heavy atom. The second-order valence-electron chi connectivity index (χ2n) is 13.4. The van der Waals surface area contributed by atoms with Crippen LogP contribution in [0.3, 0.4) is 0 Å². The van der Waals surface area contributed by atoms with Crippen molar-refractivity contribution in [3.63, 3.8) is 0 Å². The molecule has 0 N–H and O–H groups in total. The Hall–Kier alpha value is -3.72. The van der Waals surface area contributed by atoms with Crippen LogP contribution < -0.4 is 4.74 Å². The molecule has 9 nitrogen and oxygen atoms in total. The zero-order chi connectivity index (χ0) is 28.5. The van der Waals surface area contributed by atoms with Gasteiger partial charge in [0, 0.05) is 97.1 Å². The molecule has 0 radical (unpaired) electrons. The van der Waals surface area contributed by atoms with Crippen LogP contribution in [0.15, 0.2) is 49.1 Å². The Kier molecular flexibility index (Phi) is 6.01. The van der Waals surface area contributed by atoms with Gasteiger partial charge in [-0.3, -0.25) is 4.98 Å². The number of benzene rings is 1. The molecule has 214 valence electrons. The fraction of sp³-hybridized carbons (Fsp3) is 0.500. The maximum absolute atomic E-state index is 12.3. The van der Waals surface area contributed by atoms with E-state index in [0.717, 1.165) is 60.8 Å². The van der Waals surface area contributed by atoms with E-state index in [1.807, 2.05) is 56.5 Å². The van der Waals surface area contributed by atoms with Crippen LogP contribution in [0.5, 0.6) is 6.01 Å². The molecule has 9 heteroatoms. The lowest BCUT2D eigenvalue weighted by Crippen LogP contribution is -2.69. The Labute approximate surface area is 240 Å². The molecular weight excluding hydrogens is 516 g/mol. The Morgan fingerprint density at radius 3 is 2.41 bits per heavy atom. The monoisotopic (exact) mass is 554 g/mol. The minimum Gasteiger partial charge on any atom is -0.460 e. The molecule has 4 heterocycles. The van der Waals surface area contributed by atoms with E-state index < -0.39 is 5.60 Å². The van der Waals surface area contributed by atoms with E-state index in [1.54, 1.807) is 0 Å². The maximum atomic E-state index is 12.3. The van der Waals surface area contributed by atoms with Crippen LogP contribution in [0, 0.1) is 5.41 Å². The van der Waals surface area contributed by atoms with Gasteiger partial charge in [-0.15, -0.1) is 0 Å². The lowest BCUT2D eigenvalue weighted by molar-refractivity contribution is -0.121. The topological polar surface area (TPSA) is 85.6 Å². The van der Waals surface area contributed by atoms with Gasteiger partial charge in [0.1, 0.15) is 11.7 Å². The third kappa shape index (κ3) is 4.70. The molecule has 0 unspecified atom stereocenters. The van der Waals surface area contributed by atoms with Crippen molar-refractivity contribution in [2.45, 2.75) is 70.2 Å². The first-order valence-electron chi connectivity index (χ1n) is 14.6. The van der Waals surface area contributed by atoms with Crippen molar-refractivity contribution >= 4 is 27.9 Å². The molecular formula is C32H38N6O3. The fourth-order valence-electron chi connectivity index (χ4n) is 6.88. The van der Waals surface area contributed by atoms with E-state index in [0.29, 0.717) is 23.5 Å². The van der Waals surface area contributed by atoms with Gasteiger partial charge < -0.3 is 23.8 Å². The normalized spacial score (nSPS) is 22.0. The molecule has 1 amide bonds. The van der Waals surface area contributed by atoms with E-state index in [2.05, 4.69) is 56.7 Å². The Morgan fingerprint density at radius 2 is 1.71 bits per heavy atom. The van der Waals surface area contributed by atoms with E-state index >= 15 is 0 Å². The van der Waals surface area contributed by atoms with Crippen LogP contribution in [-0.2, 0) is 11.8 Å². The minimum atomic E-state index is -0.441. The van der Waals surface area contributed by atoms with Gasteiger partial charge in [-0.05, 0) is 58.4 Å². The van der Waals surface area contributed by atoms with Crippen LogP contribution in [-0.4, -0.2) is 79.3 Å². The molecule has 4 aromatic rings. The number of hydrogen-bond donors (Lipinski definition) is 0. The van der Waals surface area contributed by atoms with Crippen molar-refractivity contribution in [3.05, 3.63) is 49.1 Å². The highest BCUT2D eigenvalue weighted by molar-refractivity contribution is 6.08. The first-order valence-corrected chi connectivity index (χ1v) is 14.6. The molecule has 1 aromatic carbocycles. The van der Waals surface area contributed by atoms with Gasteiger partial charge in [0.2, 0.25) is 0 Å². The molecule has 2 aliphatic carbocycles. The number of aryl methyl sites for hydroxylation is 1. The number of pyridine rings is 1. The number of likely N-dealkylation sites (tertiary alicyclic amines) is 1. The summed E-state index contributed by atoms with van der Waals surface area (Å²) < 4.78 is 13.8. The van der Waals surface area contributed by atoms with Gasteiger partial charge in [0.15, 0.2) is 0 Å². The zero-order valence-electron chi connectivity index (χ0n) is 24.5. The molecule has 1 saturated heterocycles. The Balaban J connectivity index is 0.899. The summed E-state index contributed by atoms with van der Waals surface area (Å²) in [6.07, 6.45) is 11.7. The largest absolute Gasteiger partial charge is 0.460 e. The summed E-state index contributed by atoms with van der Waals surface area (Å²) >= 11 is 0. The summed E-state index contributed by atoms with van der Waals surface area (Å²) in [5, 5.41) is 2.35. The molecule has 3 aliphatic rings. The first kappa shape index (κ1) is 26.2. The van der Waals surface area contributed by atoms with Gasteiger partial charge in [0.25, 0.3) is 0 Å². The molecule has 0 atom stereocenters. The van der Waals surface area contributed by atoms with Gasteiger partial charge in [-0.1, -0.05) is 12.1 Å². The third-order valence-corrected chi connectivity index (χ3v) is 9.31. The highest BCUT2D eigenvalue weighted by atomic mass is 16.6. The van der Waals surface area contributed by atoms with Gasteiger partial charge >= 0.3 is 12.1 Å². The zero-order valence-corrected chi connectivity index (χ0v) is 24.5. The highest BCUT2D eigenvalue weighted by Crippen LogP contribution is 2.51. The molecule has 41 heavy (non-hydrogen) atoms. The maximum Gasteiger partial charge on any atom is 0.410 e. The van der Waals surface area contributed by atoms with Crippen LogP contribution in [0.4, 0.5) is 4.79 Å². The molecule has 1 aliphatic heterocycles. The molecule has 2 saturated carbocycles. The lowest BCUT2D eigenvalue weighted by atomic mass is 9.60. The van der Waals surface area contributed by atoms with Crippen molar-refractivity contribution in [3.8, 4) is 17.1 Å². The standard InChI is InChI=1S/C32H38N6O3/c1-31(2,3)41-30(39)38-18-32(19-38)13-23(14-32)36(4)22-11-24(12-22)40-29-34-15-21(16-35-29)20-6-7-25-26-17-33-9-8-27(26)37(5)28(25)10-20/h6-10,15-17,22-24H,11-14,18-19H2,1-5H3/t22-,24-. The van der Waals surface area contributed by atoms with E-state index in [9.17, 15) is 4.79 Å². The number of nitrogens with zero attached hydrogens (tertiary/aromatic N) is 6. The van der Waals surface area contributed by atoms with Crippen molar-refractivity contribution in [2.24, 2.45) is 12.5 Å². The molecule has 1 spiro atoms. The number of amides is 1. The quantitative estimate of drug-likeness (QED) is 0.325. The average molecular weight is 555 g/mol. The lowest BCUT2D eigenvalue weighted by Gasteiger charge is -2.61. The summed E-state index contributed by atoms with van der Waals surface area (Å²) in [5.74, 6) is 0. The fourth-order valence-corrected chi connectivity index (χ4v) is 6.88. The number of carbonyl (C=O) groups excluding carboxylic acids is 1. The number of aromatic nitrogens is 4. The van der Waals surface area contributed by atoms with Crippen molar-refractivity contribution < 1.29 is 14.3 Å². The smallest absolute Gasteiger partial charge is 0.410 e. The molecule has 3 fully saturated rings. The molecule has 7 rings (SSSR count). The second-order valence-corrected chi connectivity index (χ2v) is 13.4. The van der Waals surface area contributed by atoms with Crippen LogP contribution >= 0.6 is 0 Å². The summed E-state index contributed by atoms with van der Waals surface area (Å²) in [5.41, 5.74) is 4.22. The minimum absolute atomic E-state index is 0.148. The summed E-state index contributed by atoms with van der Waals surface area (Å²) in [4.78, 5) is 30.0. The summed E-state index contributed by atoms with van der Waals surface area (Å²) in [7, 11) is 4.32. The number of fused-ring (bicyclic) bond motifs is 3. The number of rotatable bonds is 5. The number of carbonyl (C=O) groups is 1. The Bertz CT molecular complexity index is 1600. The number of ether oxygens (including phenoxy) is 2. The van der Waals surface area contributed by atoms with Crippen LogP contribution in [0.2, 0.25) is 0 Å². The average Bonchev–Trinajstić information content (AvgIpc) is 3.15. The SMILES string of the molecule is Cn1c2ccncc2c2ccc(-c3cnc(O[C@H]4C[C@H](N(C)C5CC6(C5)CN(C(=O)OC(C)(C)C)C6)C4)nc3)cc21. The predicted octanol–water partition coefficient (Wildman–Crippen LogP) is 5.42.